The van der Waals surface area contributed by atoms with Crippen LogP contribution >= 0.6 is 35.6 Å². The predicted octanol–water partition coefficient (Wildman–Crippen LogP) is 3.21. The van der Waals surface area contributed by atoms with Crippen LogP contribution in [0.15, 0.2) is 18.2 Å². The molecule has 140 valence electrons. The van der Waals surface area contributed by atoms with E-state index in [4.69, 9.17) is 28.9 Å². The normalized spacial score (nSPS) is 17.4. The summed E-state index contributed by atoms with van der Waals surface area (Å²) in [5.74, 6) is -1.02. The van der Waals surface area contributed by atoms with Gasteiger partial charge in [-0.25, -0.2) is 0 Å². The number of halogens is 3. The molecule has 1 heterocycles. The van der Waals surface area contributed by atoms with E-state index >= 15 is 0 Å². The number of benzene rings is 1. The van der Waals surface area contributed by atoms with E-state index in [1.165, 1.54) is 0 Å². The second-order valence-corrected chi connectivity index (χ2v) is 7.81. The van der Waals surface area contributed by atoms with E-state index in [1.807, 2.05) is 13.8 Å². The number of amides is 2. The number of hydrogen-bond acceptors (Lipinski definition) is 3. The number of rotatable bonds is 5. The van der Waals surface area contributed by atoms with Crippen LogP contribution in [-0.4, -0.2) is 43.4 Å². The highest BCUT2D eigenvalue weighted by Crippen LogP contribution is 2.31. The first kappa shape index (κ1) is 22.0. The Bertz CT molecular complexity index is 652. The molecule has 1 aliphatic rings. The van der Waals surface area contributed by atoms with Crippen LogP contribution in [0.4, 0.5) is 5.69 Å². The van der Waals surface area contributed by atoms with E-state index in [-0.39, 0.29) is 29.6 Å². The van der Waals surface area contributed by atoms with Gasteiger partial charge >= 0.3 is 0 Å². The predicted molar refractivity (Wildman–Crippen MR) is 105 cm³/mol. The van der Waals surface area contributed by atoms with Crippen molar-refractivity contribution in [3.63, 3.8) is 0 Å². The number of carbonyl (C=O) groups is 2. The van der Waals surface area contributed by atoms with Crippen LogP contribution in [0.1, 0.15) is 20.3 Å². The molecular weight excluding hydrogens is 385 g/mol. The zero-order valence-electron chi connectivity index (χ0n) is 14.6. The average molecular weight is 409 g/mol. The van der Waals surface area contributed by atoms with Gasteiger partial charge in [0, 0.05) is 25.8 Å². The van der Waals surface area contributed by atoms with Gasteiger partial charge in [0.05, 0.1) is 10.0 Å². The Morgan fingerprint density at radius 3 is 2.56 bits per heavy atom. The summed E-state index contributed by atoms with van der Waals surface area (Å²) in [6, 6.07) is 5.04. The molecule has 1 saturated heterocycles. The van der Waals surface area contributed by atoms with Gasteiger partial charge in [0.2, 0.25) is 11.8 Å². The number of nitrogens with zero attached hydrogens (tertiary/aromatic N) is 2. The van der Waals surface area contributed by atoms with Crippen molar-refractivity contribution < 1.29 is 9.59 Å². The molecular formula is C17H24Cl3N3O2. The Hall–Kier alpha value is -1.01. The maximum Gasteiger partial charge on any atom is 0.239 e. The van der Waals surface area contributed by atoms with E-state index in [1.54, 1.807) is 35.0 Å². The largest absolute Gasteiger partial charge is 0.344 e. The number of anilines is 1. The van der Waals surface area contributed by atoms with Crippen LogP contribution in [0.2, 0.25) is 10.0 Å². The molecule has 1 aromatic carbocycles. The number of hydrogen-bond donors (Lipinski definition) is 1. The Labute approximate surface area is 164 Å². The molecule has 2 N–H and O–H groups in total. The Morgan fingerprint density at radius 1 is 1.36 bits per heavy atom. The van der Waals surface area contributed by atoms with Crippen LogP contribution in [0, 0.1) is 11.3 Å². The van der Waals surface area contributed by atoms with Crippen molar-refractivity contribution >= 4 is 53.1 Å². The molecule has 0 bridgehead atoms. The molecule has 0 saturated carbocycles. The third kappa shape index (κ3) is 5.00. The third-order valence-electron chi connectivity index (χ3n) is 4.31. The lowest BCUT2D eigenvalue weighted by molar-refractivity contribution is -0.139. The van der Waals surface area contributed by atoms with Gasteiger partial charge in [-0.05, 0) is 36.6 Å². The maximum absolute atomic E-state index is 12.7. The molecule has 0 radical (unpaired) electrons. The van der Waals surface area contributed by atoms with E-state index in [9.17, 15) is 9.59 Å². The summed E-state index contributed by atoms with van der Waals surface area (Å²) in [4.78, 5) is 28.5. The first-order chi connectivity index (χ1) is 11.2. The summed E-state index contributed by atoms with van der Waals surface area (Å²) in [6.45, 7) is 5.46. The van der Waals surface area contributed by atoms with Crippen LogP contribution in [0.3, 0.4) is 0 Å². The first-order valence-corrected chi connectivity index (χ1v) is 8.63. The molecule has 25 heavy (non-hydrogen) atoms. The monoisotopic (exact) mass is 407 g/mol. The molecule has 2 amide bonds. The van der Waals surface area contributed by atoms with Gasteiger partial charge in [-0.1, -0.05) is 37.0 Å². The molecule has 1 fully saturated rings. The SMILES string of the molecule is CN(CC(C)(C)CN)C(=O)C1CCN(c2ccc(Cl)c(Cl)c2)C1=O.Cl. The molecule has 0 spiro atoms. The summed E-state index contributed by atoms with van der Waals surface area (Å²) >= 11 is 11.9. The molecule has 5 nitrogen and oxygen atoms in total. The Balaban J connectivity index is 0.00000312. The second kappa shape index (κ2) is 8.58. The van der Waals surface area contributed by atoms with Gasteiger partial charge in [-0.15, -0.1) is 12.4 Å². The number of nitrogens with two attached hydrogens (primary N) is 1. The minimum Gasteiger partial charge on any atom is -0.344 e. The molecule has 1 aromatic rings. The molecule has 1 atom stereocenters. The quantitative estimate of drug-likeness (QED) is 0.761. The summed E-state index contributed by atoms with van der Waals surface area (Å²) < 4.78 is 0. The van der Waals surface area contributed by atoms with Crippen molar-refractivity contribution in [2.24, 2.45) is 17.1 Å². The van der Waals surface area contributed by atoms with Crippen LogP contribution in [0.5, 0.6) is 0 Å². The lowest BCUT2D eigenvalue weighted by atomic mass is 9.92. The first-order valence-electron chi connectivity index (χ1n) is 7.88. The minimum absolute atomic E-state index is 0. The van der Waals surface area contributed by atoms with E-state index in [2.05, 4.69) is 0 Å². The van der Waals surface area contributed by atoms with Crippen molar-refractivity contribution in [2.45, 2.75) is 20.3 Å². The highest BCUT2D eigenvalue weighted by Gasteiger charge is 2.39. The molecule has 0 aliphatic carbocycles. The minimum atomic E-state index is -0.655. The zero-order valence-corrected chi connectivity index (χ0v) is 16.9. The van der Waals surface area contributed by atoms with Crippen LogP contribution in [0.25, 0.3) is 0 Å². The van der Waals surface area contributed by atoms with Gasteiger partial charge in [0.25, 0.3) is 0 Å². The molecule has 1 unspecified atom stereocenters. The lowest BCUT2D eigenvalue weighted by Crippen LogP contribution is -2.44. The fourth-order valence-corrected chi connectivity index (χ4v) is 3.16. The summed E-state index contributed by atoms with van der Waals surface area (Å²) in [7, 11) is 1.72. The Morgan fingerprint density at radius 2 is 2.00 bits per heavy atom. The zero-order chi connectivity index (χ0) is 18.1. The highest BCUT2D eigenvalue weighted by atomic mass is 35.5. The highest BCUT2D eigenvalue weighted by molar-refractivity contribution is 6.42. The fourth-order valence-electron chi connectivity index (χ4n) is 2.87. The van der Waals surface area contributed by atoms with Crippen molar-refractivity contribution in [2.75, 3.05) is 31.6 Å². The van der Waals surface area contributed by atoms with Crippen molar-refractivity contribution in [3.05, 3.63) is 28.2 Å². The van der Waals surface area contributed by atoms with Crippen LogP contribution in [-0.2, 0) is 9.59 Å². The van der Waals surface area contributed by atoms with Gasteiger partial charge in [0.15, 0.2) is 0 Å². The number of carbonyl (C=O) groups excluding carboxylic acids is 2. The molecule has 1 aliphatic heterocycles. The van der Waals surface area contributed by atoms with E-state index in [0.29, 0.717) is 41.8 Å². The van der Waals surface area contributed by atoms with Crippen LogP contribution < -0.4 is 10.6 Å². The topological polar surface area (TPSA) is 66.6 Å². The van der Waals surface area contributed by atoms with Crippen molar-refractivity contribution in [1.29, 1.82) is 0 Å². The fraction of sp³-hybridized carbons (Fsp3) is 0.529. The van der Waals surface area contributed by atoms with E-state index < -0.39 is 5.92 Å². The molecule has 8 heteroatoms. The smallest absolute Gasteiger partial charge is 0.239 e. The summed E-state index contributed by atoms with van der Waals surface area (Å²) in [5.41, 5.74) is 6.20. The van der Waals surface area contributed by atoms with Gasteiger partial charge in [-0.3, -0.25) is 9.59 Å². The molecule has 2 rings (SSSR count). The Kier molecular flexibility index (Phi) is 7.56. The van der Waals surface area contributed by atoms with Crippen molar-refractivity contribution in [1.82, 2.24) is 4.90 Å². The van der Waals surface area contributed by atoms with E-state index in [0.717, 1.165) is 0 Å². The van der Waals surface area contributed by atoms with Gasteiger partial charge in [-0.2, -0.15) is 0 Å². The average Bonchev–Trinajstić information content (AvgIpc) is 2.90. The maximum atomic E-state index is 12.7. The third-order valence-corrected chi connectivity index (χ3v) is 5.05. The standard InChI is InChI=1S/C17H23Cl2N3O2.ClH/c1-17(2,9-20)10-21(3)15(23)12-6-7-22(16(12)24)11-4-5-13(18)14(19)8-11;/h4-5,8,12H,6-7,9-10,20H2,1-3H3;1H. The van der Waals surface area contributed by atoms with Crippen molar-refractivity contribution in [3.8, 4) is 0 Å². The lowest BCUT2D eigenvalue weighted by Gasteiger charge is -2.30. The summed E-state index contributed by atoms with van der Waals surface area (Å²) in [5, 5.41) is 0.821. The molecule has 0 aromatic heterocycles. The second-order valence-electron chi connectivity index (χ2n) is 6.99. The summed E-state index contributed by atoms with van der Waals surface area (Å²) in [6.07, 6.45) is 0.491. The van der Waals surface area contributed by atoms with Gasteiger partial charge < -0.3 is 15.5 Å². The van der Waals surface area contributed by atoms with Gasteiger partial charge in [0.1, 0.15) is 5.92 Å².